The molecule has 5 nitrogen and oxygen atoms in total. The highest BCUT2D eigenvalue weighted by Crippen LogP contribution is 2.15. The van der Waals surface area contributed by atoms with Gasteiger partial charge < -0.3 is 9.64 Å². The minimum absolute atomic E-state index is 0.389. The molecule has 0 aliphatic rings. The molecule has 5 heteroatoms. The zero-order valence-corrected chi connectivity index (χ0v) is 9.44. The molecular formula is C10H15N3O2. The summed E-state index contributed by atoms with van der Waals surface area (Å²) in [5.74, 6) is 0.890. The second kappa shape index (κ2) is 4.72. The molecule has 0 saturated carbocycles. The van der Waals surface area contributed by atoms with Crippen LogP contribution in [0.3, 0.4) is 0 Å². The topological polar surface area (TPSA) is 55.3 Å². The van der Waals surface area contributed by atoms with Crippen molar-refractivity contribution in [3.8, 4) is 0 Å². The average molecular weight is 209 g/mol. The van der Waals surface area contributed by atoms with Crippen LogP contribution < -0.4 is 4.90 Å². The number of rotatable bonds is 3. The van der Waals surface area contributed by atoms with Crippen LogP contribution in [0.2, 0.25) is 0 Å². The second-order valence-corrected chi connectivity index (χ2v) is 3.26. The lowest BCUT2D eigenvalue weighted by Crippen LogP contribution is -2.18. The average Bonchev–Trinajstić information content (AvgIpc) is 2.27. The Balaban J connectivity index is 3.21. The molecule has 0 atom stereocenters. The van der Waals surface area contributed by atoms with Gasteiger partial charge in [-0.05, 0) is 0 Å². The van der Waals surface area contributed by atoms with E-state index in [1.807, 2.05) is 21.0 Å². The molecule has 0 aliphatic carbocycles. The van der Waals surface area contributed by atoms with Crippen LogP contribution in [0.25, 0.3) is 0 Å². The largest absolute Gasteiger partial charge is 0.465 e. The van der Waals surface area contributed by atoms with Crippen LogP contribution in [0.5, 0.6) is 0 Å². The van der Waals surface area contributed by atoms with Crippen molar-refractivity contribution < 1.29 is 9.53 Å². The fourth-order valence-electron chi connectivity index (χ4n) is 1.17. The summed E-state index contributed by atoms with van der Waals surface area (Å²) in [6.07, 6.45) is 2.25. The van der Waals surface area contributed by atoms with Gasteiger partial charge in [-0.2, -0.15) is 0 Å². The van der Waals surface area contributed by atoms with Gasteiger partial charge in [0, 0.05) is 26.7 Å². The molecule has 15 heavy (non-hydrogen) atoms. The zero-order valence-electron chi connectivity index (χ0n) is 9.44. The molecule has 1 rings (SSSR count). The third kappa shape index (κ3) is 2.43. The molecule has 0 spiro atoms. The summed E-state index contributed by atoms with van der Waals surface area (Å²) in [6.45, 7) is 1.96. The van der Waals surface area contributed by atoms with Crippen LogP contribution in [0.15, 0.2) is 6.20 Å². The van der Waals surface area contributed by atoms with Crippen LogP contribution in [0, 0.1) is 0 Å². The molecule has 0 saturated heterocycles. The number of carbonyl (C=O) groups is 1. The molecule has 0 aromatic carbocycles. The monoisotopic (exact) mass is 209 g/mol. The molecule has 0 fully saturated rings. The van der Waals surface area contributed by atoms with E-state index >= 15 is 0 Å². The van der Waals surface area contributed by atoms with Gasteiger partial charge in [0.25, 0.3) is 0 Å². The maximum absolute atomic E-state index is 11.4. The van der Waals surface area contributed by atoms with Crippen LogP contribution in [0.1, 0.15) is 23.1 Å². The van der Waals surface area contributed by atoms with Crippen molar-refractivity contribution in [1.29, 1.82) is 0 Å². The van der Waals surface area contributed by atoms with Gasteiger partial charge in [0.1, 0.15) is 17.2 Å². The summed E-state index contributed by atoms with van der Waals surface area (Å²) in [4.78, 5) is 21.5. The Morgan fingerprint density at radius 3 is 2.67 bits per heavy atom. The summed E-state index contributed by atoms with van der Waals surface area (Å²) < 4.78 is 4.65. The van der Waals surface area contributed by atoms with Gasteiger partial charge in [-0.25, -0.2) is 14.8 Å². The third-order valence-corrected chi connectivity index (χ3v) is 1.96. The minimum atomic E-state index is -0.415. The van der Waals surface area contributed by atoms with Crippen molar-refractivity contribution in [2.24, 2.45) is 0 Å². The van der Waals surface area contributed by atoms with Crippen molar-refractivity contribution in [2.45, 2.75) is 13.3 Å². The number of nitrogens with zero attached hydrogens (tertiary/aromatic N) is 3. The normalized spacial score (nSPS) is 9.87. The summed E-state index contributed by atoms with van der Waals surface area (Å²) >= 11 is 0. The Hall–Kier alpha value is -1.65. The number of aryl methyl sites for hydroxylation is 1. The first-order valence-electron chi connectivity index (χ1n) is 4.71. The van der Waals surface area contributed by atoms with Crippen molar-refractivity contribution in [3.63, 3.8) is 0 Å². The number of hydrogen-bond donors (Lipinski definition) is 0. The number of carbonyl (C=O) groups excluding carboxylic acids is 1. The fourth-order valence-corrected chi connectivity index (χ4v) is 1.17. The van der Waals surface area contributed by atoms with E-state index in [0.29, 0.717) is 17.2 Å². The van der Waals surface area contributed by atoms with Crippen LogP contribution in [-0.2, 0) is 11.2 Å². The molecule has 1 heterocycles. The maximum atomic E-state index is 11.4. The first-order chi connectivity index (χ1) is 7.10. The Morgan fingerprint density at radius 2 is 2.20 bits per heavy atom. The number of methoxy groups -OCH3 is 1. The van der Waals surface area contributed by atoms with Crippen molar-refractivity contribution >= 4 is 11.8 Å². The van der Waals surface area contributed by atoms with Gasteiger partial charge in [-0.15, -0.1) is 0 Å². The fraction of sp³-hybridized carbons (Fsp3) is 0.500. The molecule has 0 bridgehead atoms. The number of anilines is 1. The van der Waals surface area contributed by atoms with E-state index in [0.717, 1.165) is 6.42 Å². The molecule has 0 radical (unpaired) electrons. The van der Waals surface area contributed by atoms with Gasteiger partial charge >= 0.3 is 5.97 Å². The Labute approximate surface area is 89.1 Å². The van der Waals surface area contributed by atoms with E-state index in [-0.39, 0.29) is 0 Å². The van der Waals surface area contributed by atoms with E-state index in [9.17, 15) is 4.79 Å². The third-order valence-electron chi connectivity index (χ3n) is 1.96. The minimum Gasteiger partial charge on any atom is -0.465 e. The Morgan fingerprint density at radius 1 is 1.53 bits per heavy atom. The highest BCUT2D eigenvalue weighted by molar-refractivity contribution is 5.94. The predicted molar refractivity (Wildman–Crippen MR) is 57.1 cm³/mol. The van der Waals surface area contributed by atoms with Crippen molar-refractivity contribution in [1.82, 2.24) is 9.97 Å². The van der Waals surface area contributed by atoms with Gasteiger partial charge in [0.15, 0.2) is 0 Å². The standard InChI is InChI=1S/C10H15N3O2/c1-5-8-11-6-7(10(14)15-4)9(12-8)13(2)3/h6H,5H2,1-4H3. The molecule has 0 aliphatic heterocycles. The number of esters is 1. The lowest BCUT2D eigenvalue weighted by Gasteiger charge is -2.15. The van der Waals surface area contributed by atoms with Gasteiger partial charge in [0.05, 0.1) is 7.11 Å². The van der Waals surface area contributed by atoms with Gasteiger partial charge in [0.2, 0.25) is 0 Å². The number of aromatic nitrogens is 2. The summed E-state index contributed by atoms with van der Waals surface area (Å²) in [5.41, 5.74) is 0.389. The second-order valence-electron chi connectivity index (χ2n) is 3.26. The maximum Gasteiger partial charge on any atom is 0.343 e. The molecule has 1 aromatic rings. The highest BCUT2D eigenvalue weighted by Gasteiger charge is 2.15. The molecule has 82 valence electrons. The van der Waals surface area contributed by atoms with E-state index in [2.05, 4.69) is 14.7 Å². The van der Waals surface area contributed by atoms with Crippen LogP contribution >= 0.6 is 0 Å². The molecular weight excluding hydrogens is 194 g/mol. The summed E-state index contributed by atoms with van der Waals surface area (Å²) in [5, 5.41) is 0. The van der Waals surface area contributed by atoms with Crippen LogP contribution in [-0.4, -0.2) is 37.1 Å². The smallest absolute Gasteiger partial charge is 0.343 e. The Bertz CT molecular complexity index is 364. The number of ether oxygens (including phenoxy) is 1. The van der Waals surface area contributed by atoms with E-state index in [1.165, 1.54) is 13.3 Å². The first kappa shape index (κ1) is 11.4. The van der Waals surface area contributed by atoms with E-state index in [4.69, 9.17) is 0 Å². The van der Waals surface area contributed by atoms with Crippen LogP contribution in [0.4, 0.5) is 5.82 Å². The lowest BCUT2D eigenvalue weighted by atomic mass is 10.3. The molecule has 1 aromatic heterocycles. The van der Waals surface area contributed by atoms with Crippen molar-refractivity contribution in [3.05, 3.63) is 17.6 Å². The van der Waals surface area contributed by atoms with E-state index in [1.54, 1.807) is 4.90 Å². The van der Waals surface area contributed by atoms with Gasteiger partial charge in [-0.3, -0.25) is 0 Å². The molecule has 0 amide bonds. The molecule has 0 N–H and O–H groups in total. The number of hydrogen-bond acceptors (Lipinski definition) is 5. The predicted octanol–water partition coefficient (Wildman–Crippen LogP) is 0.892. The highest BCUT2D eigenvalue weighted by atomic mass is 16.5. The first-order valence-corrected chi connectivity index (χ1v) is 4.71. The zero-order chi connectivity index (χ0) is 11.4. The van der Waals surface area contributed by atoms with Crippen molar-refractivity contribution in [2.75, 3.05) is 26.1 Å². The van der Waals surface area contributed by atoms with E-state index < -0.39 is 5.97 Å². The summed E-state index contributed by atoms with van der Waals surface area (Å²) in [7, 11) is 5.00. The summed E-state index contributed by atoms with van der Waals surface area (Å²) in [6, 6.07) is 0. The molecule has 0 unspecified atom stereocenters. The SMILES string of the molecule is CCc1ncc(C(=O)OC)c(N(C)C)n1. The quantitative estimate of drug-likeness (QED) is 0.692. The Kier molecular flexibility index (Phi) is 3.60. The lowest BCUT2D eigenvalue weighted by molar-refractivity contribution is 0.0600. The van der Waals surface area contributed by atoms with Gasteiger partial charge in [-0.1, -0.05) is 6.92 Å².